The first kappa shape index (κ1) is 18.1. The van der Waals surface area contributed by atoms with Gasteiger partial charge in [0.05, 0.1) is 23.9 Å². The predicted octanol–water partition coefficient (Wildman–Crippen LogP) is 2.67. The van der Waals surface area contributed by atoms with Crippen molar-refractivity contribution in [1.82, 2.24) is 4.57 Å². The molecule has 0 fully saturated rings. The first-order valence-electron chi connectivity index (χ1n) is 7.51. The summed E-state index contributed by atoms with van der Waals surface area (Å²) in [4.78, 5) is 24.3. The van der Waals surface area contributed by atoms with Crippen LogP contribution in [-0.4, -0.2) is 29.2 Å². The fourth-order valence-corrected chi connectivity index (χ4v) is 2.24. The molecule has 1 heterocycles. The molecule has 1 aromatic heterocycles. The molecule has 1 aromatic carbocycles. The van der Waals surface area contributed by atoms with Crippen molar-refractivity contribution >= 4 is 17.6 Å². The smallest absolute Gasteiger partial charge is 0.357 e. The van der Waals surface area contributed by atoms with Crippen LogP contribution in [-0.2, 0) is 9.47 Å². The zero-order valence-electron chi connectivity index (χ0n) is 14.5. The van der Waals surface area contributed by atoms with Gasteiger partial charge in [0.25, 0.3) is 0 Å². The lowest BCUT2D eigenvalue weighted by atomic mass is 10.1. The van der Waals surface area contributed by atoms with Gasteiger partial charge in [0.2, 0.25) is 0 Å². The van der Waals surface area contributed by atoms with Crippen LogP contribution in [0.1, 0.15) is 47.2 Å². The standard InChI is InChI=1S/C18H19N3O4/c1-18(2,3)25-16(22)11-6-5-7-13(8-11)21-10-12(9-19)14(20)15(21)17(23)24-4/h5-8,10H,20H2,1-4H3. The first-order chi connectivity index (χ1) is 11.7. The van der Waals surface area contributed by atoms with E-state index >= 15 is 0 Å². The number of carbonyl (C=O) groups excluding carboxylic acids is 2. The summed E-state index contributed by atoms with van der Waals surface area (Å²) >= 11 is 0. The van der Waals surface area contributed by atoms with Crippen molar-refractivity contribution in [2.75, 3.05) is 12.8 Å². The minimum atomic E-state index is -0.679. The fourth-order valence-electron chi connectivity index (χ4n) is 2.24. The Morgan fingerprint density at radius 1 is 1.24 bits per heavy atom. The molecule has 25 heavy (non-hydrogen) atoms. The molecule has 0 aliphatic carbocycles. The number of nitrogens with zero attached hydrogens (tertiary/aromatic N) is 2. The van der Waals surface area contributed by atoms with Gasteiger partial charge >= 0.3 is 11.9 Å². The summed E-state index contributed by atoms with van der Waals surface area (Å²) in [5.74, 6) is -1.17. The molecule has 130 valence electrons. The van der Waals surface area contributed by atoms with E-state index in [1.54, 1.807) is 45.0 Å². The summed E-state index contributed by atoms with van der Waals surface area (Å²) in [5, 5.41) is 9.16. The number of carbonyl (C=O) groups is 2. The number of aromatic nitrogens is 1. The van der Waals surface area contributed by atoms with Gasteiger partial charge in [-0.3, -0.25) is 0 Å². The predicted molar refractivity (Wildman–Crippen MR) is 91.4 cm³/mol. The van der Waals surface area contributed by atoms with E-state index in [0.29, 0.717) is 11.3 Å². The quantitative estimate of drug-likeness (QED) is 0.860. The Balaban J connectivity index is 2.54. The second kappa shape index (κ2) is 6.69. The molecule has 2 rings (SSSR count). The van der Waals surface area contributed by atoms with Crippen molar-refractivity contribution in [2.24, 2.45) is 0 Å². The van der Waals surface area contributed by atoms with Crippen molar-refractivity contribution in [1.29, 1.82) is 5.26 Å². The van der Waals surface area contributed by atoms with Gasteiger partial charge < -0.3 is 19.8 Å². The highest BCUT2D eigenvalue weighted by Crippen LogP contribution is 2.25. The molecule has 0 unspecified atom stereocenters. The number of methoxy groups -OCH3 is 1. The molecular weight excluding hydrogens is 322 g/mol. The van der Waals surface area contributed by atoms with E-state index in [0.717, 1.165) is 0 Å². The van der Waals surface area contributed by atoms with Crippen molar-refractivity contribution in [3.8, 4) is 11.8 Å². The van der Waals surface area contributed by atoms with Crippen LogP contribution in [0.3, 0.4) is 0 Å². The van der Waals surface area contributed by atoms with Crippen LogP contribution in [0.2, 0.25) is 0 Å². The fraction of sp³-hybridized carbons (Fsp3) is 0.278. The molecule has 0 saturated heterocycles. The molecule has 2 aromatic rings. The Kier molecular flexibility index (Phi) is 4.84. The molecule has 0 atom stereocenters. The van der Waals surface area contributed by atoms with Crippen molar-refractivity contribution in [3.63, 3.8) is 0 Å². The zero-order chi connectivity index (χ0) is 18.8. The first-order valence-corrected chi connectivity index (χ1v) is 7.51. The molecule has 7 nitrogen and oxygen atoms in total. The number of nitrogens with two attached hydrogens (primary N) is 1. The summed E-state index contributed by atoms with van der Waals surface area (Å²) in [6, 6.07) is 8.42. The Morgan fingerprint density at radius 3 is 2.48 bits per heavy atom. The third-order valence-corrected chi connectivity index (χ3v) is 3.30. The molecule has 0 radical (unpaired) electrons. The lowest BCUT2D eigenvalue weighted by Gasteiger charge is -2.19. The van der Waals surface area contributed by atoms with Crippen LogP contribution in [0.15, 0.2) is 30.5 Å². The van der Waals surface area contributed by atoms with Crippen LogP contribution >= 0.6 is 0 Å². The molecule has 0 bridgehead atoms. The maximum absolute atomic E-state index is 12.2. The summed E-state index contributed by atoms with van der Waals surface area (Å²) in [7, 11) is 1.22. The zero-order valence-corrected chi connectivity index (χ0v) is 14.5. The minimum absolute atomic E-state index is 0.0250. The summed E-state index contributed by atoms with van der Waals surface area (Å²) in [5.41, 5.74) is 6.24. The van der Waals surface area contributed by atoms with E-state index in [2.05, 4.69) is 0 Å². The van der Waals surface area contributed by atoms with Crippen LogP contribution in [0.4, 0.5) is 5.69 Å². The Morgan fingerprint density at radius 2 is 1.92 bits per heavy atom. The topological polar surface area (TPSA) is 107 Å². The highest BCUT2D eigenvalue weighted by molar-refractivity contribution is 5.96. The molecule has 0 aliphatic heterocycles. The van der Waals surface area contributed by atoms with Gasteiger partial charge in [-0.15, -0.1) is 0 Å². The van der Waals surface area contributed by atoms with E-state index in [1.807, 2.05) is 6.07 Å². The molecule has 7 heteroatoms. The van der Waals surface area contributed by atoms with E-state index in [-0.39, 0.29) is 16.9 Å². The van der Waals surface area contributed by atoms with Gasteiger partial charge in [0.15, 0.2) is 5.69 Å². The highest BCUT2D eigenvalue weighted by Gasteiger charge is 2.23. The number of ether oxygens (including phenoxy) is 2. The second-order valence-corrected chi connectivity index (χ2v) is 6.33. The van der Waals surface area contributed by atoms with Gasteiger partial charge in [-0.2, -0.15) is 5.26 Å². The largest absolute Gasteiger partial charge is 0.464 e. The number of hydrogen-bond acceptors (Lipinski definition) is 6. The molecule has 0 saturated carbocycles. The summed E-state index contributed by atoms with van der Waals surface area (Å²) in [6.45, 7) is 5.32. The lowest BCUT2D eigenvalue weighted by molar-refractivity contribution is 0.00693. The van der Waals surface area contributed by atoms with E-state index in [9.17, 15) is 9.59 Å². The SMILES string of the molecule is COC(=O)c1c(N)c(C#N)cn1-c1cccc(C(=O)OC(C)(C)C)c1. The van der Waals surface area contributed by atoms with E-state index in [1.165, 1.54) is 17.9 Å². The third kappa shape index (κ3) is 3.80. The number of nitriles is 1. The average molecular weight is 341 g/mol. The molecule has 0 amide bonds. The van der Waals surface area contributed by atoms with Gasteiger partial charge in [-0.1, -0.05) is 6.07 Å². The van der Waals surface area contributed by atoms with Crippen LogP contribution in [0.5, 0.6) is 0 Å². The Labute approximate surface area is 145 Å². The van der Waals surface area contributed by atoms with Gasteiger partial charge in [0.1, 0.15) is 11.7 Å². The molecule has 0 spiro atoms. The number of benzene rings is 1. The van der Waals surface area contributed by atoms with Gasteiger partial charge in [0, 0.05) is 11.9 Å². The van der Waals surface area contributed by atoms with Crippen molar-refractivity contribution in [2.45, 2.75) is 26.4 Å². The number of hydrogen-bond donors (Lipinski definition) is 1. The van der Waals surface area contributed by atoms with E-state index in [4.69, 9.17) is 20.5 Å². The molecular formula is C18H19N3O4. The maximum atomic E-state index is 12.2. The third-order valence-electron chi connectivity index (χ3n) is 3.30. The summed E-state index contributed by atoms with van der Waals surface area (Å²) < 4.78 is 11.5. The van der Waals surface area contributed by atoms with Crippen molar-refractivity contribution < 1.29 is 19.1 Å². The molecule has 2 N–H and O–H groups in total. The van der Waals surface area contributed by atoms with Crippen LogP contribution in [0.25, 0.3) is 5.69 Å². The second-order valence-electron chi connectivity index (χ2n) is 6.33. The monoisotopic (exact) mass is 341 g/mol. The van der Waals surface area contributed by atoms with Gasteiger partial charge in [-0.05, 0) is 39.0 Å². The number of esters is 2. The number of nitrogen functional groups attached to an aromatic ring is 1. The van der Waals surface area contributed by atoms with E-state index < -0.39 is 17.5 Å². The highest BCUT2D eigenvalue weighted by atomic mass is 16.6. The Bertz CT molecular complexity index is 869. The Hall–Kier alpha value is -3.27. The lowest BCUT2D eigenvalue weighted by Crippen LogP contribution is -2.24. The number of anilines is 1. The van der Waals surface area contributed by atoms with Crippen LogP contribution < -0.4 is 5.73 Å². The average Bonchev–Trinajstić information content (AvgIpc) is 2.89. The summed E-state index contributed by atoms with van der Waals surface area (Å²) in [6.07, 6.45) is 1.43. The molecule has 0 aliphatic rings. The van der Waals surface area contributed by atoms with Gasteiger partial charge in [-0.25, -0.2) is 9.59 Å². The van der Waals surface area contributed by atoms with Crippen LogP contribution in [0, 0.1) is 11.3 Å². The normalized spacial score (nSPS) is 10.8. The minimum Gasteiger partial charge on any atom is -0.464 e. The van der Waals surface area contributed by atoms with Crippen molar-refractivity contribution in [3.05, 3.63) is 47.3 Å². The maximum Gasteiger partial charge on any atom is 0.357 e. The number of rotatable bonds is 3.